The van der Waals surface area contributed by atoms with Gasteiger partial charge in [0, 0.05) is 37.7 Å². The van der Waals surface area contributed by atoms with Crippen LogP contribution in [-0.2, 0) is 30.8 Å². The summed E-state index contributed by atoms with van der Waals surface area (Å²) in [6.07, 6.45) is 0.743. The molecule has 1 N–H and O–H groups in total. The molecule has 0 radical (unpaired) electrons. The molecule has 6 heteroatoms. The van der Waals surface area contributed by atoms with E-state index in [1.165, 1.54) is 11.1 Å². The standard InChI is InChI=1S/C27H32N4O2/c1-18(2)26-29-24-12-13-30(15-21-8-6-5-7-9-21)16-23(24)27(33)31(26)17-25(32)28-22-11-10-19(3)20(4)14-22/h5-11,14,18H,12-13,15-17H2,1-4H3,(H,28,32). The number of aromatic nitrogens is 2. The normalized spacial score (nSPS) is 13.7. The maximum atomic E-state index is 13.5. The van der Waals surface area contributed by atoms with E-state index in [2.05, 4.69) is 22.3 Å². The maximum absolute atomic E-state index is 13.5. The van der Waals surface area contributed by atoms with Gasteiger partial charge in [-0.05, 0) is 42.7 Å². The van der Waals surface area contributed by atoms with E-state index < -0.39 is 0 Å². The number of nitrogens with one attached hydrogen (secondary N) is 1. The Hall–Kier alpha value is -3.25. The van der Waals surface area contributed by atoms with Crippen LogP contribution < -0.4 is 10.9 Å². The number of carbonyl (C=O) groups is 1. The number of carbonyl (C=O) groups excluding carboxylic acids is 1. The zero-order valence-corrected chi connectivity index (χ0v) is 19.9. The van der Waals surface area contributed by atoms with Gasteiger partial charge >= 0.3 is 0 Å². The van der Waals surface area contributed by atoms with Gasteiger partial charge in [0.2, 0.25) is 5.91 Å². The number of rotatable bonds is 6. The Bertz CT molecular complexity index is 1210. The first kappa shape index (κ1) is 22.9. The van der Waals surface area contributed by atoms with Gasteiger partial charge in [0.1, 0.15) is 12.4 Å². The van der Waals surface area contributed by atoms with Gasteiger partial charge in [0.25, 0.3) is 5.56 Å². The Morgan fingerprint density at radius 1 is 1.09 bits per heavy atom. The van der Waals surface area contributed by atoms with E-state index in [4.69, 9.17) is 4.98 Å². The van der Waals surface area contributed by atoms with Gasteiger partial charge in [-0.1, -0.05) is 50.2 Å². The molecule has 172 valence electrons. The van der Waals surface area contributed by atoms with Crippen molar-refractivity contribution in [3.05, 3.63) is 92.7 Å². The van der Waals surface area contributed by atoms with Crippen molar-refractivity contribution >= 4 is 11.6 Å². The molecular weight excluding hydrogens is 412 g/mol. The predicted molar refractivity (Wildman–Crippen MR) is 131 cm³/mol. The summed E-state index contributed by atoms with van der Waals surface area (Å²) in [4.78, 5) is 33.5. The quantitative estimate of drug-likeness (QED) is 0.619. The summed E-state index contributed by atoms with van der Waals surface area (Å²) in [5.74, 6) is 0.492. The van der Waals surface area contributed by atoms with Crippen LogP contribution in [-0.4, -0.2) is 26.9 Å². The second kappa shape index (κ2) is 9.71. The minimum absolute atomic E-state index is 0.0415. The second-order valence-corrected chi connectivity index (χ2v) is 9.23. The van der Waals surface area contributed by atoms with Crippen LogP contribution in [0.5, 0.6) is 0 Å². The number of hydrogen-bond donors (Lipinski definition) is 1. The molecule has 2 heterocycles. The van der Waals surface area contributed by atoms with E-state index in [-0.39, 0.29) is 23.9 Å². The third kappa shape index (κ3) is 5.22. The molecule has 33 heavy (non-hydrogen) atoms. The van der Waals surface area contributed by atoms with Gasteiger partial charge in [-0.2, -0.15) is 0 Å². The van der Waals surface area contributed by atoms with Gasteiger partial charge in [-0.15, -0.1) is 0 Å². The summed E-state index contributed by atoms with van der Waals surface area (Å²) in [6, 6.07) is 16.1. The molecule has 0 fully saturated rings. The lowest BCUT2D eigenvalue weighted by molar-refractivity contribution is -0.116. The Morgan fingerprint density at radius 2 is 1.85 bits per heavy atom. The molecule has 1 aromatic heterocycles. The average Bonchev–Trinajstić information content (AvgIpc) is 2.79. The third-order valence-corrected chi connectivity index (χ3v) is 6.28. The summed E-state index contributed by atoms with van der Waals surface area (Å²) >= 11 is 0. The van der Waals surface area contributed by atoms with Gasteiger partial charge in [-0.3, -0.25) is 19.1 Å². The van der Waals surface area contributed by atoms with Crippen molar-refractivity contribution in [3.63, 3.8) is 0 Å². The largest absolute Gasteiger partial charge is 0.325 e. The molecule has 0 unspecified atom stereocenters. The Kier molecular flexibility index (Phi) is 6.75. The van der Waals surface area contributed by atoms with E-state index >= 15 is 0 Å². The van der Waals surface area contributed by atoms with Crippen LogP contribution >= 0.6 is 0 Å². The fourth-order valence-corrected chi connectivity index (χ4v) is 4.32. The number of anilines is 1. The van der Waals surface area contributed by atoms with Crippen molar-refractivity contribution in [2.45, 2.75) is 59.7 Å². The first-order valence-electron chi connectivity index (χ1n) is 11.6. The minimum atomic E-state index is -0.221. The molecule has 1 aliphatic rings. The summed E-state index contributed by atoms with van der Waals surface area (Å²) in [5.41, 5.74) is 5.73. The van der Waals surface area contributed by atoms with Crippen LogP contribution in [0.2, 0.25) is 0 Å². The van der Waals surface area contributed by atoms with Crippen molar-refractivity contribution < 1.29 is 4.79 Å². The number of aryl methyl sites for hydroxylation is 2. The fraction of sp³-hybridized carbons (Fsp3) is 0.370. The monoisotopic (exact) mass is 444 g/mol. The highest BCUT2D eigenvalue weighted by molar-refractivity contribution is 5.90. The number of benzene rings is 2. The number of amides is 1. The highest BCUT2D eigenvalue weighted by atomic mass is 16.2. The molecule has 0 saturated heterocycles. The van der Waals surface area contributed by atoms with Gasteiger partial charge in [-0.25, -0.2) is 4.98 Å². The van der Waals surface area contributed by atoms with E-state index in [1.807, 2.05) is 64.1 Å². The molecule has 6 nitrogen and oxygen atoms in total. The third-order valence-electron chi connectivity index (χ3n) is 6.28. The lowest BCUT2D eigenvalue weighted by Gasteiger charge is -2.29. The Balaban J connectivity index is 1.58. The first-order valence-corrected chi connectivity index (χ1v) is 11.6. The molecule has 1 aliphatic heterocycles. The van der Waals surface area contributed by atoms with E-state index in [0.29, 0.717) is 17.9 Å². The molecular formula is C27H32N4O2. The molecule has 0 saturated carbocycles. The lowest BCUT2D eigenvalue weighted by atomic mass is 10.0. The van der Waals surface area contributed by atoms with E-state index in [0.717, 1.165) is 36.5 Å². The lowest BCUT2D eigenvalue weighted by Crippen LogP contribution is -2.40. The van der Waals surface area contributed by atoms with E-state index in [9.17, 15) is 9.59 Å². The van der Waals surface area contributed by atoms with Crippen molar-refractivity contribution in [2.24, 2.45) is 0 Å². The molecule has 0 spiro atoms. The molecule has 2 aromatic carbocycles. The fourth-order valence-electron chi connectivity index (χ4n) is 4.32. The summed E-state index contributed by atoms with van der Waals surface area (Å²) in [7, 11) is 0. The number of fused-ring (bicyclic) bond motifs is 1. The van der Waals surface area contributed by atoms with Crippen LogP contribution in [0, 0.1) is 13.8 Å². The zero-order chi connectivity index (χ0) is 23.5. The molecule has 4 rings (SSSR count). The molecule has 0 bridgehead atoms. The van der Waals surface area contributed by atoms with Gasteiger partial charge in [0.05, 0.1) is 11.3 Å². The Labute approximate surface area is 195 Å². The molecule has 3 aromatic rings. The molecule has 1 amide bonds. The highest BCUT2D eigenvalue weighted by Gasteiger charge is 2.25. The number of hydrogen-bond acceptors (Lipinski definition) is 4. The summed E-state index contributed by atoms with van der Waals surface area (Å²) < 4.78 is 1.56. The van der Waals surface area contributed by atoms with Crippen LogP contribution in [0.1, 0.15) is 53.5 Å². The zero-order valence-electron chi connectivity index (χ0n) is 19.9. The topological polar surface area (TPSA) is 67.2 Å². The summed E-state index contributed by atoms with van der Waals surface area (Å²) in [5, 5.41) is 2.94. The van der Waals surface area contributed by atoms with Crippen molar-refractivity contribution in [3.8, 4) is 0 Å². The van der Waals surface area contributed by atoms with Crippen molar-refractivity contribution in [1.82, 2.24) is 14.5 Å². The van der Waals surface area contributed by atoms with Gasteiger partial charge in [0.15, 0.2) is 0 Å². The van der Waals surface area contributed by atoms with Crippen molar-refractivity contribution in [1.29, 1.82) is 0 Å². The van der Waals surface area contributed by atoms with Gasteiger partial charge < -0.3 is 5.32 Å². The minimum Gasteiger partial charge on any atom is -0.325 e. The maximum Gasteiger partial charge on any atom is 0.258 e. The van der Waals surface area contributed by atoms with Crippen LogP contribution in [0.3, 0.4) is 0 Å². The first-order chi connectivity index (χ1) is 15.8. The Morgan fingerprint density at radius 3 is 2.55 bits per heavy atom. The smallest absolute Gasteiger partial charge is 0.258 e. The molecule has 0 aliphatic carbocycles. The second-order valence-electron chi connectivity index (χ2n) is 9.23. The summed E-state index contributed by atoms with van der Waals surface area (Å²) in [6.45, 7) is 10.2. The van der Waals surface area contributed by atoms with E-state index in [1.54, 1.807) is 4.57 Å². The molecule has 0 atom stereocenters. The average molecular weight is 445 g/mol. The SMILES string of the molecule is Cc1ccc(NC(=O)Cn2c(C(C)C)nc3c(c2=O)CN(Cc2ccccc2)CC3)cc1C. The highest BCUT2D eigenvalue weighted by Crippen LogP contribution is 2.20. The van der Waals surface area contributed by atoms with Crippen molar-refractivity contribution in [2.75, 3.05) is 11.9 Å². The predicted octanol–water partition coefficient (Wildman–Crippen LogP) is 4.18. The van der Waals surface area contributed by atoms with Crippen LogP contribution in [0.15, 0.2) is 53.3 Å². The van der Waals surface area contributed by atoms with Crippen LogP contribution in [0.25, 0.3) is 0 Å². The number of nitrogens with zero attached hydrogens (tertiary/aromatic N) is 3. The van der Waals surface area contributed by atoms with Crippen LogP contribution in [0.4, 0.5) is 5.69 Å².